The van der Waals surface area contributed by atoms with E-state index in [4.69, 9.17) is 4.42 Å². The number of nitrogens with one attached hydrogen (secondary N) is 1. The number of alkyl halides is 3. The van der Waals surface area contributed by atoms with Crippen molar-refractivity contribution in [3.63, 3.8) is 0 Å². The molecule has 0 radical (unpaired) electrons. The molecule has 2 aromatic heterocycles. The van der Waals surface area contributed by atoms with Crippen LogP contribution in [0.2, 0.25) is 0 Å². The number of oxazole rings is 1. The molecule has 6 nitrogen and oxygen atoms in total. The highest BCUT2D eigenvalue weighted by Crippen LogP contribution is 2.44. The Hall–Kier alpha value is -2.17. The number of hydrogen-bond donors (Lipinski definition) is 2. The summed E-state index contributed by atoms with van der Waals surface area (Å²) < 4.78 is 46.5. The fourth-order valence-electron chi connectivity index (χ4n) is 3.87. The molecule has 0 aliphatic carbocycles. The second kappa shape index (κ2) is 5.91. The van der Waals surface area contributed by atoms with Crippen molar-refractivity contribution >= 4 is 28.5 Å². The Bertz CT molecular complexity index is 1020. The third-order valence-electron chi connectivity index (χ3n) is 5.46. The average molecular weight is 410 g/mol. The van der Waals surface area contributed by atoms with Gasteiger partial charge in [-0.1, -0.05) is 6.07 Å². The fraction of sp³-hybridized carbons (Fsp3) is 0.444. The third-order valence-corrected chi connectivity index (χ3v) is 6.27. The van der Waals surface area contributed by atoms with Gasteiger partial charge in [-0.15, -0.1) is 11.3 Å². The number of rotatable bonds is 3. The number of hydrogen-bond acceptors (Lipinski definition) is 7. The molecule has 0 saturated carbocycles. The van der Waals surface area contributed by atoms with Crippen LogP contribution in [0.5, 0.6) is 0 Å². The van der Waals surface area contributed by atoms with Crippen LogP contribution in [0.1, 0.15) is 18.9 Å². The smallest absolute Gasteiger partial charge is 0.421 e. The molecule has 3 atom stereocenters. The third kappa shape index (κ3) is 2.62. The number of piperidine rings is 1. The predicted molar refractivity (Wildman–Crippen MR) is 98.3 cm³/mol. The van der Waals surface area contributed by atoms with Gasteiger partial charge in [0.2, 0.25) is 0 Å². The van der Waals surface area contributed by atoms with Crippen LogP contribution in [0.4, 0.5) is 19.2 Å². The van der Waals surface area contributed by atoms with E-state index in [1.54, 1.807) is 11.6 Å². The van der Waals surface area contributed by atoms with Crippen LogP contribution in [0.15, 0.2) is 28.1 Å². The zero-order valence-electron chi connectivity index (χ0n) is 14.8. The molecule has 3 aromatic rings. The van der Waals surface area contributed by atoms with E-state index in [-0.39, 0.29) is 22.7 Å². The number of fused-ring (bicyclic) bond motifs is 3. The van der Waals surface area contributed by atoms with Crippen LogP contribution in [-0.2, 0) is 5.60 Å². The molecule has 3 aliphatic rings. The van der Waals surface area contributed by atoms with Crippen LogP contribution in [-0.4, -0.2) is 46.4 Å². The first-order valence-corrected chi connectivity index (χ1v) is 9.76. The van der Waals surface area contributed by atoms with Crippen molar-refractivity contribution in [1.29, 1.82) is 0 Å². The summed E-state index contributed by atoms with van der Waals surface area (Å²) in [7, 11) is 0. The van der Waals surface area contributed by atoms with Crippen molar-refractivity contribution in [2.45, 2.75) is 37.2 Å². The van der Waals surface area contributed by atoms with Crippen LogP contribution in [0, 0.1) is 0 Å². The molecule has 3 aliphatic heterocycles. The first-order valence-electron chi connectivity index (χ1n) is 8.88. The van der Waals surface area contributed by atoms with Gasteiger partial charge in [0, 0.05) is 42.3 Å². The van der Waals surface area contributed by atoms with Crippen LogP contribution in [0.25, 0.3) is 21.7 Å². The van der Waals surface area contributed by atoms with Gasteiger partial charge >= 0.3 is 6.18 Å². The molecule has 6 rings (SSSR count). The van der Waals surface area contributed by atoms with Crippen molar-refractivity contribution in [1.82, 2.24) is 15.3 Å². The lowest BCUT2D eigenvalue weighted by atomic mass is 9.92. The number of nitrogens with zero attached hydrogens (tertiary/aromatic N) is 3. The lowest BCUT2D eigenvalue weighted by Gasteiger charge is -2.47. The first-order chi connectivity index (χ1) is 13.2. The minimum atomic E-state index is -4.85. The summed E-state index contributed by atoms with van der Waals surface area (Å²) in [5, 5.41) is 16.1. The summed E-state index contributed by atoms with van der Waals surface area (Å²) in [5.74, 6) is 0. The van der Waals surface area contributed by atoms with Gasteiger partial charge < -0.3 is 19.7 Å². The molecule has 0 spiro atoms. The van der Waals surface area contributed by atoms with E-state index in [1.165, 1.54) is 23.5 Å². The Labute approximate surface area is 162 Å². The van der Waals surface area contributed by atoms with Gasteiger partial charge in [-0.2, -0.15) is 18.2 Å². The molecular weight excluding hydrogens is 393 g/mol. The molecule has 28 heavy (non-hydrogen) atoms. The highest BCUT2D eigenvalue weighted by atomic mass is 32.1. The molecule has 3 fully saturated rings. The molecule has 0 amide bonds. The van der Waals surface area contributed by atoms with Crippen molar-refractivity contribution < 1.29 is 22.7 Å². The standard InChI is InChI=1S/C18H17F3N4O2S/c1-17(26,18(19,20)21)12-3-2-11(15-22-4-5-28-15)14-13(12)24-16(27-14)25-7-9-6-10(8-25)23-9/h2-5,9-10,23,26H,6-8H2,1H3/t9?,10?,17-/m0/s1. The highest BCUT2D eigenvalue weighted by Gasteiger charge is 2.52. The average Bonchev–Trinajstić information content (AvgIpc) is 3.29. The molecule has 148 valence electrons. The zero-order chi connectivity index (χ0) is 19.7. The van der Waals surface area contributed by atoms with E-state index in [0.717, 1.165) is 13.3 Å². The fourth-order valence-corrected chi connectivity index (χ4v) is 4.53. The SMILES string of the molecule is C[C@](O)(c1ccc(-c2nccs2)c2oc(N3CC4CC(C3)N4)nc12)C(F)(F)F. The topological polar surface area (TPSA) is 74.4 Å². The Kier molecular flexibility index (Phi) is 3.78. The van der Waals surface area contributed by atoms with Crippen LogP contribution in [0.3, 0.4) is 0 Å². The number of piperazine rings is 1. The summed E-state index contributed by atoms with van der Waals surface area (Å²) in [6.45, 7) is 2.10. The maximum absolute atomic E-state index is 13.5. The summed E-state index contributed by atoms with van der Waals surface area (Å²) >= 11 is 1.35. The lowest BCUT2D eigenvalue weighted by Crippen LogP contribution is -2.67. The quantitative estimate of drug-likeness (QED) is 0.691. The second-order valence-corrected chi connectivity index (χ2v) is 8.34. The maximum Gasteiger partial charge on any atom is 0.421 e. The van der Waals surface area contributed by atoms with Gasteiger partial charge in [0.05, 0.1) is 5.56 Å². The molecule has 3 saturated heterocycles. The molecule has 2 bridgehead atoms. The van der Waals surface area contributed by atoms with E-state index in [2.05, 4.69) is 15.3 Å². The molecule has 1 aromatic carbocycles. The van der Waals surface area contributed by atoms with Crippen LogP contribution < -0.4 is 10.2 Å². The van der Waals surface area contributed by atoms with Gasteiger partial charge in [0.25, 0.3) is 6.01 Å². The van der Waals surface area contributed by atoms with Gasteiger partial charge in [-0.05, 0) is 19.4 Å². The highest BCUT2D eigenvalue weighted by molar-refractivity contribution is 7.13. The minimum Gasteiger partial charge on any atom is -0.423 e. The number of benzene rings is 1. The summed E-state index contributed by atoms with van der Waals surface area (Å²) in [6, 6.07) is 3.71. The van der Waals surface area contributed by atoms with E-state index in [0.29, 0.717) is 35.7 Å². The van der Waals surface area contributed by atoms with Gasteiger partial charge in [0.15, 0.2) is 11.2 Å². The molecule has 2 unspecified atom stereocenters. The Balaban J connectivity index is 1.68. The monoisotopic (exact) mass is 410 g/mol. The van der Waals surface area contributed by atoms with Gasteiger partial charge in [-0.3, -0.25) is 0 Å². The minimum absolute atomic E-state index is 0.0113. The number of halogens is 3. The molecule has 10 heteroatoms. The first kappa shape index (κ1) is 17.9. The van der Waals surface area contributed by atoms with Crippen molar-refractivity contribution in [2.24, 2.45) is 0 Å². The molecular formula is C18H17F3N4O2S. The van der Waals surface area contributed by atoms with Gasteiger partial charge in [0.1, 0.15) is 10.5 Å². The molecule has 2 N–H and O–H groups in total. The Morgan fingerprint density at radius 3 is 2.61 bits per heavy atom. The summed E-state index contributed by atoms with van der Waals surface area (Å²) in [6.07, 6.45) is -2.15. The second-order valence-electron chi connectivity index (χ2n) is 7.44. The van der Waals surface area contributed by atoms with E-state index >= 15 is 0 Å². The lowest BCUT2D eigenvalue weighted by molar-refractivity contribution is -0.258. The Morgan fingerprint density at radius 2 is 2.00 bits per heavy atom. The largest absolute Gasteiger partial charge is 0.423 e. The van der Waals surface area contributed by atoms with Gasteiger partial charge in [-0.25, -0.2) is 4.98 Å². The Morgan fingerprint density at radius 1 is 1.29 bits per heavy atom. The number of aliphatic hydroxyl groups is 1. The van der Waals surface area contributed by atoms with Crippen molar-refractivity contribution in [2.75, 3.05) is 18.0 Å². The maximum atomic E-state index is 13.5. The number of aromatic nitrogens is 2. The van der Waals surface area contributed by atoms with Crippen molar-refractivity contribution in [3.05, 3.63) is 29.3 Å². The normalized spacial score (nSPS) is 24.2. The summed E-state index contributed by atoms with van der Waals surface area (Å²) in [5.41, 5.74) is -2.60. The number of anilines is 1. The molecule has 5 heterocycles. The number of thiazole rings is 1. The van der Waals surface area contributed by atoms with E-state index < -0.39 is 11.8 Å². The van der Waals surface area contributed by atoms with Crippen LogP contribution >= 0.6 is 11.3 Å². The van der Waals surface area contributed by atoms with Crippen molar-refractivity contribution in [3.8, 4) is 10.6 Å². The zero-order valence-corrected chi connectivity index (χ0v) is 15.6. The summed E-state index contributed by atoms with van der Waals surface area (Å²) in [4.78, 5) is 10.6. The van der Waals surface area contributed by atoms with E-state index in [9.17, 15) is 18.3 Å². The van der Waals surface area contributed by atoms with E-state index in [1.807, 2.05) is 4.90 Å². The predicted octanol–water partition coefficient (Wildman–Crippen LogP) is 3.27.